The van der Waals surface area contributed by atoms with Crippen molar-refractivity contribution >= 4 is 41.9 Å². The van der Waals surface area contributed by atoms with E-state index in [4.69, 9.17) is 0 Å². The maximum Gasteiger partial charge on any atom is 0.324 e. The van der Waals surface area contributed by atoms with Gasteiger partial charge in [0.1, 0.15) is 0 Å². The molecule has 0 spiro atoms. The largest absolute Gasteiger partial charge is 0.355 e. The summed E-state index contributed by atoms with van der Waals surface area (Å²) in [5, 5.41) is 8.90. The molecule has 8 nitrogen and oxygen atoms in total. The van der Waals surface area contributed by atoms with Crippen LogP contribution in [0.4, 0.5) is 4.79 Å². The number of piperidine rings is 1. The van der Waals surface area contributed by atoms with E-state index in [2.05, 4.69) is 50.1 Å². The average Bonchev–Trinajstić information content (AvgIpc) is 3.04. The van der Waals surface area contributed by atoms with Crippen LogP contribution in [0.2, 0.25) is 0 Å². The first-order chi connectivity index (χ1) is 13.7. The zero-order chi connectivity index (χ0) is 19.8. The van der Waals surface area contributed by atoms with E-state index in [0.717, 1.165) is 6.54 Å². The summed E-state index contributed by atoms with van der Waals surface area (Å²) in [7, 11) is 1.70. The summed E-state index contributed by atoms with van der Waals surface area (Å²) in [4.78, 5) is 31.0. The highest BCUT2D eigenvalue weighted by Crippen LogP contribution is 2.13. The molecule has 29 heavy (non-hydrogen) atoms. The number of carbonyl (C=O) groups is 2. The SMILES string of the molecule is CN=C(NCCN1C(=O)CNC1=O)NCc1ccc(CN2CCCCC2)cc1.I. The van der Waals surface area contributed by atoms with Crippen molar-refractivity contribution in [2.75, 3.05) is 39.8 Å². The smallest absolute Gasteiger partial charge is 0.324 e. The van der Waals surface area contributed by atoms with Crippen LogP contribution in [0.1, 0.15) is 30.4 Å². The molecule has 0 radical (unpaired) electrons. The number of imide groups is 1. The number of amides is 3. The number of halogens is 1. The van der Waals surface area contributed by atoms with Gasteiger partial charge >= 0.3 is 6.03 Å². The Morgan fingerprint density at radius 3 is 2.38 bits per heavy atom. The number of hydrogen-bond donors (Lipinski definition) is 3. The first-order valence-corrected chi connectivity index (χ1v) is 9.98. The van der Waals surface area contributed by atoms with Gasteiger partial charge in [0, 0.05) is 33.2 Å². The molecule has 2 fully saturated rings. The predicted molar refractivity (Wildman–Crippen MR) is 124 cm³/mol. The van der Waals surface area contributed by atoms with Gasteiger partial charge < -0.3 is 16.0 Å². The zero-order valence-corrected chi connectivity index (χ0v) is 19.3. The lowest BCUT2D eigenvalue weighted by Crippen LogP contribution is -2.43. The summed E-state index contributed by atoms with van der Waals surface area (Å²) in [6.07, 6.45) is 3.98. The van der Waals surface area contributed by atoms with Crippen LogP contribution in [0, 0.1) is 0 Å². The molecule has 2 aliphatic heterocycles. The molecule has 2 heterocycles. The van der Waals surface area contributed by atoms with Crippen molar-refractivity contribution in [3.8, 4) is 0 Å². The van der Waals surface area contributed by atoms with Gasteiger partial charge in [-0.05, 0) is 37.1 Å². The minimum atomic E-state index is -0.334. The van der Waals surface area contributed by atoms with Crippen molar-refractivity contribution in [1.82, 2.24) is 25.8 Å². The maximum atomic E-state index is 11.6. The second-order valence-corrected chi connectivity index (χ2v) is 7.21. The Kier molecular flexibility index (Phi) is 9.65. The molecule has 3 amide bonds. The average molecular weight is 514 g/mol. The van der Waals surface area contributed by atoms with E-state index in [1.54, 1.807) is 7.05 Å². The molecule has 2 saturated heterocycles. The highest BCUT2D eigenvalue weighted by atomic mass is 127. The van der Waals surface area contributed by atoms with E-state index in [9.17, 15) is 9.59 Å². The summed E-state index contributed by atoms with van der Waals surface area (Å²) >= 11 is 0. The lowest BCUT2D eigenvalue weighted by Gasteiger charge is -2.26. The third-order valence-corrected chi connectivity index (χ3v) is 5.13. The minimum absolute atomic E-state index is 0. The second kappa shape index (κ2) is 12.0. The van der Waals surface area contributed by atoms with E-state index in [1.807, 2.05) is 0 Å². The van der Waals surface area contributed by atoms with Gasteiger partial charge in [-0.3, -0.25) is 19.6 Å². The van der Waals surface area contributed by atoms with Gasteiger partial charge in [-0.2, -0.15) is 0 Å². The van der Waals surface area contributed by atoms with Crippen LogP contribution in [-0.2, 0) is 17.9 Å². The summed E-state index contributed by atoms with van der Waals surface area (Å²) in [6.45, 7) is 4.95. The zero-order valence-electron chi connectivity index (χ0n) is 16.9. The van der Waals surface area contributed by atoms with Gasteiger partial charge in [-0.25, -0.2) is 4.79 Å². The van der Waals surface area contributed by atoms with Crippen LogP contribution in [0.3, 0.4) is 0 Å². The number of guanidine groups is 1. The molecule has 3 rings (SSSR count). The highest BCUT2D eigenvalue weighted by Gasteiger charge is 2.27. The normalized spacial score (nSPS) is 17.7. The van der Waals surface area contributed by atoms with Gasteiger partial charge in [0.05, 0.1) is 6.54 Å². The molecule has 0 unspecified atom stereocenters. The Balaban J connectivity index is 0.00000300. The van der Waals surface area contributed by atoms with Gasteiger partial charge in [0.15, 0.2) is 5.96 Å². The van der Waals surface area contributed by atoms with Crippen molar-refractivity contribution in [3.63, 3.8) is 0 Å². The van der Waals surface area contributed by atoms with Crippen LogP contribution in [0.5, 0.6) is 0 Å². The number of hydrogen-bond acceptors (Lipinski definition) is 4. The molecular formula is C20H31IN6O2. The number of aliphatic imine (C=N–C) groups is 1. The van der Waals surface area contributed by atoms with Crippen molar-refractivity contribution in [1.29, 1.82) is 0 Å². The molecule has 0 bridgehead atoms. The van der Waals surface area contributed by atoms with Crippen molar-refractivity contribution in [2.24, 2.45) is 4.99 Å². The van der Waals surface area contributed by atoms with Crippen molar-refractivity contribution < 1.29 is 9.59 Å². The third-order valence-electron chi connectivity index (χ3n) is 5.13. The Morgan fingerprint density at radius 2 is 1.76 bits per heavy atom. The van der Waals surface area contributed by atoms with Crippen molar-refractivity contribution in [3.05, 3.63) is 35.4 Å². The van der Waals surface area contributed by atoms with Gasteiger partial charge in [-0.15, -0.1) is 24.0 Å². The number of rotatable bonds is 7. The van der Waals surface area contributed by atoms with E-state index in [-0.39, 0.29) is 42.5 Å². The molecule has 0 aliphatic carbocycles. The number of likely N-dealkylation sites (tertiary alicyclic amines) is 1. The van der Waals surface area contributed by atoms with E-state index < -0.39 is 0 Å². The number of nitrogens with one attached hydrogen (secondary N) is 3. The Bertz CT molecular complexity index is 687. The van der Waals surface area contributed by atoms with Crippen molar-refractivity contribution in [2.45, 2.75) is 32.4 Å². The molecule has 0 aromatic heterocycles. The van der Waals surface area contributed by atoms with Gasteiger partial charge in [-0.1, -0.05) is 30.7 Å². The summed E-state index contributed by atoms with van der Waals surface area (Å²) in [5.74, 6) is 0.448. The quantitative estimate of drug-likeness (QED) is 0.222. The summed E-state index contributed by atoms with van der Waals surface area (Å²) in [5.41, 5.74) is 2.53. The Hall–Kier alpha value is -1.88. The summed E-state index contributed by atoms with van der Waals surface area (Å²) in [6, 6.07) is 8.35. The number of carbonyl (C=O) groups excluding carboxylic acids is 2. The highest BCUT2D eigenvalue weighted by molar-refractivity contribution is 14.0. The minimum Gasteiger partial charge on any atom is -0.355 e. The van der Waals surface area contributed by atoms with E-state index in [0.29, 0.717) is 25.6 Å². The number of urea groups is 1. The van der Waals surface area contributed by atoms with Crippen LogP contribution in [0.25, 0.3) is 0 Å². The number of nitrogens with zero attached hydrogens (tertiary/aromatic N) is 3. The van der Waals surface area contributed by atoms with E-state index in [1.165, 1.54) is 48.4 Å². The van der Waals surface area contributed by atoms with Crippen LogP contribution in [0.15, 0.2) is 29.3 Å². The van der Waals surface area contributed by atoms with Crippen LogP contribution in [-0.4, -0.2) is 67.5 Å². The maximum absolute atomic E-state index is 11.6. The fourth-order valence-corrected chi connectivity index (χ4v) is 3.51. The predicted octanol–water partition coefficient (Wildman–Crippen LogP) is 1.51. The lowest BCUT2D eigenvalue weighted by atomic mass is 10.1. The molecule has 160 valence electrons. The Labute approximate surface area is 189 Å². The molecule has 0 saturated carbocycles. The first kappa shape index (κ1) is 23.4. The fourth-order valence-electron chi connectivity index (χ4n) is 3.51. The topological polar surface area (TPSA) is 89.1 Å². The first-order valence-electron chi connectivity index (χ1n) is 9.98. The second-order valence-electron chi connectivity index (χ2n) is 7.21. The molecule has 3 N–H and O–H groups in total. The monoisotopic (exact) mass is 514 g/mol. The fraction of sp³-hybridized carbons (Fsp3) is 0.550. The number of benzene rings is 1. The molecule has 2 aliphatic rings. The molecule has 0 atom stereocenters. The third kappa shape index (κ3) is 7.14. The molecule has 1 aromatic carbocycles. The molecular weight excluding hydrogens is 483 g/mol. The van der Waals surface area contributed by atoms with E-state index >= 15 is 0 Å². The van der Waals surface area contributed by atoms with Gasteiger partial charge in [0.25, 0.3) is 0 Å². The van der Waals surface area contributed by atoms with Crippen LogP contribution >= 0.6 is 24.0 Å². The Morgan fingerprint density at radius 1 is 1.07 bits per heavy atom. The summed E-state index contributed by atoms with van der Waals surface area (Å²) < 4.78 is 0. The molecule has 1 aromatic rings. The molecule has 9 heteroatoms. The lowest BCUT2D eigenvalue weighted by molar-refractivity contribution is -0.124. The standard InChI is InChI=1S/C20H30N6O2.HI/c1-21-19(22-9-12-26-18(27)14-24-20(26)28)23-13-16-5-7-17(8-6-16)15-25-10-3-2-4-11-25;/h5-8H,2-4,9-15H2,1H3,(H,24,28)(H2,21,22,23);1H. The van der Waals surface area contributed by atoms with Gasteiger partial charge in [0.2, 0.25) is 5.91 Å². The van der Waals surface area contributed by atoms with Crippen LogP contribution < -0.4 is 16.0 Å².